The Morgan fingerprint density at radius 3 is 2.02 bits per heavy atom. The number of rotatable bonds is 7. The number of methoxy groups -OCH3 is 2. The van der Waals surface area contributed by atoms with Crippen LogP contribution in [-0.2, 0) is 44.4 Å². The number of carboxylic acid groups (broad SMARTS) is 2. The van der Waals surface area contributed by atoms with Crippen molar-refractivity contribution in [1.29, 1.82) is 0 Å². The van der Waals surface area contributed by atoms with Crippen molar-refractivity contribution in [2.45, 2.75) is 56.5 Å². The minimum Gasteiger partial charge on any atom is -0.497 e. The van der Waals surface area contributed by atoms with Gasteiger partial charge in [-0.2, -0.15) is 26.3 Å². The molecule has 3 N–H and O–H groups in total. The van der Waals surface area contributed by atoms with Gasteiger partial charge in [0, 0.05) is 38.6 Å². The number of carbonyl (C=O) groups excluding carboxylic acids is 1. The fourth-order valence-corrected chi connectivity index (χ4v) is 5.02. The lowest BCUT2D eigenvalue weighted by Gasteiger charge is -2.45. The number of carbonyl (C=O) groups is 3. The first-order chi connectivity index (χ1) is 23.0. The van der Waals surface area contributed by atoms with Gasteiger partial charge in [0.15, 0.2) is 6.10 Å². The number of hydrogen-bond donors (Lipinski definition) is 3. The van der Waals surface area contributed by atoms with Crippen molar-refractivity contribution < 1.29 is 65.1 Å². The van der Waals surface area contributed by atoms with E-state index in [1.165, 1.54) is 5.56 Å². The standard InChI is InChI=1S/C27H32N4O4.2C2HF3O2/c1-33-22-8-6-20(7-9-22)18-30-13-10-27(11-14-30)26-28-12-15-31(26)19-24(35-27)25(32)29-17-21-4-3-5-23(16-21)34-2;2*3-2(4,5)1(6)7/h3-9,12,15-16,24H,10-11,13-14,17-19H2,1-2H3,(H,29,32);2*(H,6,7). The molecule has 0 bridgehead atoms. The van der Waals surface area contributed by atoms with E-state index < -0.39 is 36.0 Å². The van der Waals surface area contributed by atoms with E-state index in [0.29, 0.717) is 13.1 Å². The van der Waals surface area contributed by atoms with E-state index in [4.69, 9.17) is 34.0 Å². The van der Waals surface area contributed by atoms with E-state index >= 15 is 0 Å². The second-order valence-electron chi connectivity index (χ2n) is 10.8. The molecule has 2 aliphatic heterocycles. The smallest absolute Gasteiger partial charge is 0.490 e. The largest absolute Gasteiger partial charge is 0.497 e. The second kappa shape index (κ2) is 16.5. The maximum atomic E-state index is 13.1. The first-order valence-electron chi connectivity index (χ1n) is 14.5. The molecule has 2 aromatic carbocycles. The Hall–Kier alpha value is -4.84. The Morgan fingerprint density at radius 2 is 1.49 bits per heavy atom. The van der Waals surface area contributed by atoms with Gasteiger partial charge in [0.25, 0.3) is 5.91 Å². The highest BCUT2D eigenvalue weighted by Crippen LogP contribution is 2.40. The number of halogens is 6. The van der Waals surface area contributed by atoms with Crippen molar-refractivity contribution in [3.63, 3.8) is 0 Å². The zero-order chi connectivity index (χ0) is 36.4. The van der Waals surface area contributed by atoms with Gasteiger partial charge in [0.2, 0.25) is 0 Å². The van der Waals surface area contributed by atoms with Crippen molar-refractivity contribution >= 4 is 17.8 Å². The van der Waals surface area contributed by atoms with Crippen LogP contribution in [-0.4, -0.2) is 88.3 Å². The number of fused-ring (bicyclic) bond motifs is 2. The lowest BCUT2D eigenvalue weighted by Crippen LogP contribution is -2.53. The summed E-state index contributed by atoms with van der Waals surface area (Å²) in [5.74, 6) is -3.05. The Kier molecular flexibility index (Phi) is 13.0. The van der Waals surface area contributed by atoms with Crippen LogP contribution in [0.1, 0.15) is 29.8 Å². The fourth-order valence-electron chi connectivity index (χ4n) is 5.02. The van der Waals surface area contributed by atoms with E-state index in [-0.39, 0.29) is 5.91 Å². The topological polar surface area (TPSA) is 152 Å². The third kappa shape index (κ3) is 11.1. The minimum atomic E-state index is -5.08. The summed E-state index contributed by atoms with van der Waals surface area (Å²) >= 11 is 0. The van der Waals surface area contributed by atoms with Gasteiger partial charge in [-0.25, -0.2) is 14.6 Å². The van der Waals surface area contributed by atoms with Crippen molar-refractivity contribution in [3.8, 4) is 11.5 Å². The zero-order valence-corrected chi connectivity index (χ0v) is 26.3. The molecule has 268 valence electrons. The molecule has 0 radical (unpaired) electrons. The van der Waals surface area contributed by atoms with E-state index in [1.807, 2.05) is 42.6 Å². The number of amides is 1. The molecule has 3 heterocycles. The number of carboxylic acids is 2. The highest BCUT2D eigenvalue weighted by molar-refractivity contribution is 5.81. The highest BCUT2D eigenvalue weighted by Gasteiger charge is 2.47. The van der Waals surface area contributed by atoms with Crippen LogP contribution in [0, 0.1) is 0 Å². The monoisotopic (exact) mass is 704 g/mol. The van der Waals surface area contributed by atoms with Crippen LogP contribution in [0.3, 0.4) is 0 Å². The van der Waals surface area contributed by atoms with Crippen LogP contribution in [0.15, 0.2) is 60.9 Å². The number of aliphatic carboxylic acids is 2. The molecule has 1 fully saturated rings. The van der Waals surface area contributed by atoms with Crippen molar-refractivity contribution in [1.82, 2.24) is 19.8 Å². The number of alkyl halides is 6. The number of likely N-dealkylation sites (tertiary alicyclic amines) is 1. The maximum Gasteiger partial charge on any atom is 0.490 e. The molecule has 5 rings (SSSR count). The van der Waals surface area contributed by atoms with E-state index in [1.54, 1.807) is 20.4 Å². The summed E-state index contributed by atoms with van der Waals surface area (Å²) in [6.45, 7) is 3.51. The predicted molar refractivity (Wildman–Crippen MR) is 159 cm³/mol. The summed E-state index contributed by atoms with van der Waals surface area (Å²) in [7, 11) is 3.32. The number of hydrogen-bond acceptors (Lipinski definition) is 8. The molecule has 1 atom stereocenters. The summed E-state index contributed by atoms with van der Waals surface area (Å²) in [5.41, 5.74) is 1.69. The normalized spacial score (nSPS) is 16.9. The summed E-state index contributed by atoms with van der Waals surface area (Å²) in [5, 5.41) is 17.3. The van der Waals surface area contributed by atoms with Gasteiger partial charge in [-0.1, -0.05) is 24.3 Å². The summed E-state index contributed by atoms with van der Waals surface area (Å²) < 4.78 is 82.7. The third-order valence-corrected chi connectivity index (χ3v) is 7.46. The minimum absolute atomic E-state index is 0.104. The molecule has 1 spiro atoms. The predicted octanol–water partition coefficient (Wildman–Crippen LogP) is 4.37. The first kappa shape index (κ1) is 38.6. The fraction of sp³-hybridized carbons (Fsp3) is 0.419. The van der Waals surface area contributed by atoms with Crippen molar-refractivity contribution in [2.24, 2.45) is 0 Å². The molecule has 49 heavy (non-hydrogen) atoms. The Bertz CT molecular complexity index is 1530. The molecule has 1 aromatic heterocycles. The molecular formula is C31H34F6N4O8. The van der Waals surface area contributed by atoms with Crippen LogP contribution >= 0.6 is 0 Å². The van der Waals surface area contributed by atoms with Gasteiger partial charge in [0.1, 0.15) is 22.9 Å². The Labute approximate surface area is 276 Å². The van der Waals surface area contributed by atoms with Crippen LogP contribution in [0.5, 0.6) is 11.5 Å². The second-order valence-corrected chi connectivity index (χ2v) is 10.8. The van der Waals surface area contributed by atoms with Crippen LogP contribution in [0.4, 0.5) is 26.3 Å². The summed E-state index contributed by atoms with van der Waals surface area (Å²) in [6, 6.07) is 15.9. The average Bonchev–Trinajstić information content (AvgIpc) is 3.55. The van der Waals surface area contributed by atoms with Crippen LogP contribution in [0.25, 0.3) is 0 Å². The summed E-state index contributed by atoms with van der Waals surface area (Å²) in [4.78, 5) is 38.0. The molecule has 0 saturated carbocycles. The molecule has 3 aromatic rings. The molecular weight excluding hydrogens is 670 g/mol. The SMILES string of the molecule is COc1ccc(CN2CCC3(CC2)OC(C(=O)NCc2cccc(OC)c2)Cn2ccnc23)cc1.O=C(O)C(F)(F)F.O=C(O)C(F)(F)F. The quantitative estimate of drug-likeness (QED) is 0.303. The van der Waals surface area contributed by atoms with Crippen molar-refractivity contribution in [3.05, 3.63) is 77.9 Å². The number of nitrogens with zero attached hydrogens (tertiary/aromatic N) is 3. The zero-order valence-electron chi connectivity index (χ0n) is 26.3. The molecule has 1 saturated heterocycles. The third-order valence-electron chi connectivity index (χ3n) is 7.46. The Morgan fingerprint density at radius 1 is 0.918 bits per heavy atom. The number of imidazole rings is 1. The van der Waals surface area contributed by atoms with Crippen molar-refractivity contribution in [2.75, 3.05) is 27.3 Å². The molecule has 18 heteroatoms. The lowest BCUT2D eigenvalue weighted by molar-refractivity contribution is -0.193. The van der Waals surface area contributed by atoms with Crippen LogP contribution in [0.2, 0.25) is 0 Å². The van der Waals surface area contributed by atoms with Crippen LogP contribution < -0.4 is 14.8 Å². The van der Waals surface area contributed by atoms with E-state index in [0.717, 1.165) is 55.4 Å². The average molecular weight is 705 g/mol. The van der Waals surface area contributed by atoms with Gasteiger partial charge < -0.3 is 34.3 Å². The summed E-state index contributed by atoms with van der Waals surface area (Å²) in [6.07, 6.45) is -5.39. The number of nitrogens with one attached hydrogen (secondary N) is 1. The van der Waals surface area contributed by atoms with E-state index in [2.05, 4.69) is 31.9 Å². The number of aromatic nitrogens is 2. The number of ether oxygens (including phenoxy) is 3. The van der Waals surface area contributed by atoms with Gasteiger partial charge in [-0.3, -0.25) is 9.69 Å². The molecule has 1 amide bonds. The molecule has 12 nitrogen and oxygen atoms in total. The van der Waals surface area contributed by atoms with E-state index in [9.17, 15) is 31.1 Å². The van der Waals surface area contributed by atoms with Gasteiger partial charge in [-0.05, 0) is 48.2 Å². The van der Waals surface area contributed by atoms with Gasteiger partial charge in [0.05, 0.1) is 20.8 Å². The first-order valence-corrected chi connectivity index (χ1v) is 14.5. The molecule has 1 unspecified atom stereocenters. The number of piperidine rings is 1. The Balaban J connectivity index is 0.000000392. The highest BCUT2D eigenvalue weighted by atomic mass is 19.4. The lowest BCUT2D eigenvalue weighted by atomic mass is 9.88. The maximum absolute atomic E-state index is 13.1. The molecule has 2 aliphatic rings. The van der Waals surface area contributed by atoms with Gasteiger partial charge in [-0.15, -0.1) is 0 Å². The molecule has 0 aliphatic carbocycles. The van der Waals surface area contributed by atoms with Gasteiger partial charge >= 0.3 is 24.3 Å². The number of benzene rings is 2.